The summed E-state index contributed by atoms with van der Waals surface area (Å²) in [5.74, 6) is 0.272. The second kappa shape index (κ2) is 10.3. The normalized spacial score (nSPS) is 23.4. The Hall–Kier alpha value is -2.91. The molecule has 0 radical (unpaired) electrons. The molecular weight excluding hydrogens is 506 g/mol. The van der Waals surface area contributed by atoms with Gasteiger partial charge in [0.25, 0.3) is 5.91 Å². The number of nitrogens with one attached hydrogen (secondary N) is 1. The number of hydrogen-bond donors (Lipinski definition) is 2. The Morgan fingerprint density at radius 1 is 1.11 bits per heavy atom. The van der Waals surface area contributed by atoms with Crippen molar-refractivity contribution >= 4 is 28.4 Å². The third-order valence-corrected chi connectivity index (χ3v) is 8.22. The molecule has 0 atom stereocenters. The fraction of sp³-hybridized carbons (Fsp3) is 0.448. The van der Waals surface area contributed by atoms with E-state index >= 15 is 0 Å². The number of ether oxygens (including phenoxy) is 2. The summed E-state index contributed by atoms with van der Waals surface area (Å²) in [4.78, 5) is 29.3. The van der Waals surface area contributed by atoms with E-state index in [0.717, 1.165) is 29.7 Å². The zero-order valence-electron chi connectivity index (χ0n) is 21.2. The molecule has 2 aromatic carbocycles. The Morgan fingerprint density at radius 3 is 2.58 bits per heavy atom. The van der Waals surface area contributed by atoms with E-state index in [1.54, 1.807) is 18.3 Å². The number of aliphatic hydroxyl groups excluding tert-OH is 1. The topological polar surface area (TPSA) is 93.0 Å². The van der Waals surface area contributed by atoms with Crippen molar-refractivity contribution in [2.45, 2.75) is 57.0 Å². The van der Waals surface area contributed by atoms with Crippen LogP contribution in [0.2, 0.25) is 5.02 Å². The van der Waals surface area contributed by atoms with E-state index in [1.165, 1.54) is 0 Å². The molecule has 1 saturated carbocycles. The molecule has 1 aromatic heterocycles. The van der Waals surface area contributed by atoms with Gasteiger partial charge in [0, 0.05) is 37.4 Å². The summed E-state index contributed by atoms with van der Waals surface area (Å²) in [6.45, 7) is 4.53. The van der Waals surface area contributed by atoms with Gasteiger partial charge in [0.1, 0.15) is 16.9 Å². The maximum absolute atomic E-state index is 13.7. The van der Waals surface area contributed by atoms with Gasteiger partial charge in [-0.3, -0.25) is 14.5 Å². The zero-order chi connectivity index (χ0) is 26.3. The molecule has 3 aliphatic rings. The molecule has 2 fully saturated rings. The summed E-state index contributed by atoms with van der Waals surface area (Å²) < 4.78 is 14.2. The number of aliphatic hydroxyl groups is 1. The van der Waals surface area contributed by atoms with Crippen molar-refractivity contribution < 1.29 is 19.4 Å². The van der Waals surface area contributed by atoms with Crippen LogP contribution in [-0.2, 0) is 24.4 Å². The molecule has 0 unspecified atom stereocenters. The number of halogens is 1. The van der Waals surface area contributed by atoms with Gasteiger partial charge in [-0.15, -0.1) is 0 Å². The van der Waals surface area contributed by atoms with Crippen LogP contribution in [0.3, 0.4) is 0 Å². The van der Waals surface area contributed by atoms with Crippen LogP contribution >= 0.6 is 11.6 Å². The Bertz CT molecular complexity index is 1410. The molecular formula is C29H32ClN3O5. The summed E-state index contributed by atoms with van der Waals surface area (Å²) in [5, 5.41) is 14.2. The van der Waals surface area contributed by atoms with Crippen molar-refractivity contribution in [3.8, 4) is 5.75 Å². The minimum Gasteiger partial charge on any atom is -0.483 e. The number of pyridine rings is 1. The number of amides is 1. The quantitative estimate of drug-likeness (QED) is 0.517. The summed E-state index contributed by atoms with van der Waals surface area (Å²) in [7, 11) is 0. The summed E-state index contributed by atoms with van der Waals surface area (Å²) in [6.07, 6.45) is 4.13. The molecule has 0 bridgehead atoms. The molecule has 2 aliphatic heterocycles. The maximum Gasteiger partial charge on any atom is 0.257 e. The van der Waals surface area contributed by atoms with Gasteiger partial charge in [-0.1, -0.05) is 23.7 Å². The van der Waals surface area contributed by atoms with E-state index in [0.29, 0.717) is 74.7 Å². The molecule has 38 heavy (non-hydrogen) atoms. The fourth-order valence-corrected chi connectivity index (χ4v) is 6.00. The first-order valence-electron chi connectivity index (χ1n) is 13.3. The number of carbonyl (C=O) groups is 1. The van der Waals surface area contributed by atoms with Gasteiger partial charge in [-0.2, -0.15) is 0 Å². The van der Waals surface area contributed by atoms with E-state index in [4.69, 9.17) is 21.1 Å². The van der Waals surface area contributed by atoms with Crippen molar-refractivity contribution in [3.63, 3.8) is 0 Å². The summed E-state index contributed by atoms with van der Waals surface area (Å²) in [5.41, 5.74) is 1.95. The molecule has 3 aromatic rings. The Labute approximate surface area is 226 Å². The molecule has 9 heteroatoms. The second-order valence-electron chi connectivity index (χ2n) is 10.7. The van der Waals surface area contributed by atoms with Crippen LogP contribution in [-0.4, -0.2) is 58.5 Å². The van der Waals surface area contributed by atoms with Crippen LogP contribution in [0.5, 0.6) is 5.75 Å². The molecule has 1 saturated heterocycles. The van der Waals surface area contributed by atoms with E-state index < -0.39 is 11.5 Å². The van der Waals surface area contributed by atoms with Gasteiger partial charge >= 0.3 is 0 Å². The maximum atomic E-state index is 13.7. The van der Waals surface area contributed by atoms with Crippen molar-refractivity contribution in [1.29, 1.82) is 0 Å². The predicted octanol–water partition coefficient (Wildman–Crippen LogP) is 3.48. The number of aromatic nitrogens is 1. The van der Waals surface area contributed by atoms with Crippen LogP contribution in [0.4, 0.5) is 0 Å². The van der Waals surface area contributed by atoms with Crippen LogP contribution in [0, 0.1) is 0 Å². The number of hydrogen-bond acceptors (Lipinski definition) is 6. The van der Waals surface area contributed by atoms with Gasteiger partial charge in [0.05, 0.1) is 36.8 Å². The molecule has 1 aliphatic carbocycles. The minimum atomic E-state index is -0.469. The average molecular weight is 538 g/mol. The summed E-state index contributed by atoms with van der Waals surface area (Å²) in [6, 6.07) is 11.2. The lowest BCUT2D eigenvalue weighted by atomic mass is 9.82. The SMILES string of the molecule is O=C(NCc1ccc(Cl)cc1)c1cn2c3c(cc(CN4CCOCC4)cc3c1=O)OC1(CCC(O)CC1)C2. The second-order valence-corrected chi connectivity index (χ2v) is 11.1. The lowest BCUT2D eigenvalue weighted by molar-refractivity contribution is -0.0279. The first kappa shape index (κ1) is 25.4. The number of rotatable bonds is 5. The first-order valence-corrected chi connectivity index (χ1v) is 13.7. The molecule has 200 valence electrons. The van der Waals surface area contributed by atoms with Gasteiger partial charge in [-0.25, -0.2) is 0 Å². The first-order chi connectivity index (χ1) is 18.4. The fourth-order valence-electron chi connectivity index (χ4n) is 5.88. The van der Waals surface area contributed by atoms with Crippen molar-refractivity contribution in [1.82, 2.24) is 14.8 Å². The summed E-state index contributed by atoms with van der Waals surface area (Å²) >= 11 is 5.98. The monoisotopic (exact) mass is 537 g/mol. The van der Waals surface area contributed by atoms with Crippen LogP contribution in [0.15, 0.2) is 47.4 Å². The van der Waals surface area contributed by atoms with Crippen LogP contribution in [0.25, 0.3) is 10.9 Å². The van der Waals surface area contributed by atoms with Crippen LogP contribution in [0.1, 0.15) is 47.2 Å². The van der Waals surface area contributed by atoms with E-state index in [9.17, 15) is 14.7 Å². The molecule has 1 amide bonds. The van der Waals surface area contributed by atoms with E-state index in [2.05, 4.69) is 10.2 Å². The van der Waals surface area contributed by atoms with Gasteiger partial charge < -0.3 is 24.5 Å². The van der Waals surface area contributed by atoms with Gasteiger partial charge in [0.15, 0.2) is 0 Å². The number of carbonyl (C=O) groups excluding carboxylic acids is 1. The molecule has 2 N–H and O–H groups in total. The average Bonchev–Trinajstić information content (AvgIpc) is 2.92. The Morgan fingerprint density at radius 2 is 1.84 bits per heavy atom. The highest BCUT2D eigenvalue weighted by molar-refractivity contribution is 6.30. The lowest BCUT2D eigenvalue weighted by Crippen LogP contribution is -2.47. The largest absolute Gasteiger partial charge is 0.483 e. The lowest BCUT2D eigenvalue weighted by Gasteiger charge is -2.43. The Kier molecular flexibility index (Phi) is 6.90. The highest BCUT2D eigenvalue weighted by Crippen LogP contribution is 2.41. The third kappa shape index (κ3) is 5.06. The third-order valence-electron chi connectivity index (χ3n) is 7.97. The Balaban J connectivity index is 1.38. The number of nitrogens with zero attached hydrogens (tertiary/aromatic N) is 2. The highest BCUT2D eigenvalue weighted by Gasteiger charge is 2.41. The van der Waals surface area contributed by atoms with Crippen molar-refractivity contribution in [2.24, 2.45) is 0 Å². The van der Waals surface area contributed by atoms with E-state index in [-0.39, 0.29) is 17.1 Å². The molecule has 1 spiro atoms. The van der Waals surface area contributed by atoms with E-state index in [1.807, 2.05) is 28.8 Å². The molecule has 3 heterocycles. The zero-order valence-corrected chi connectivity index (χ0v) is 22.0. The molecule has 6 rings (SSSR count). The highest BCUT2D eigenvalue weighted by atomic mass is 35.5. The van der Waals surface area contributed by atoms with Crippen LogP contribution < -0.4 is 15.5 Å². The predicted molar refractivity (Wildman–Crippen MR) is 145 cm³/mol. The number of benzene rings is 2. The van der Waals surface area contributed by atoms with Crippen molar-refractivity contribution in [2.75, 3.05) is 26.3 Å². The van der Waals surface area contributed by atoms with Crippen molar-refractivity contribution in [3.05, 3.63) is 74.5 Å². The van der Waals surface area contributed by atoms with Gasteiger partial charge in [0.2, 0.25) is 5.43 Å². The smallest absolute Gasteiger partial charge is 0.257 e. The minimum absolute atomic E-state index is 0.119. The molecule has 8 nitrogen and oxygen atoms in total. The van der Waals surface area contributed by atoms with Gasteiger partial charge in [-0.05, 0) is 61.1 Å². The standard InChI is InChI=1S/C29H32ClN3O5/c30-21-3-1-19(2-4-21)15-31-28(36)24-17-33-18-29(7-5-22(34)6-8-29)38-25-14-20(13-23(26(25)33)27(24)35)16-32-9-11-37-12-10-32/h1-4,13-14,17,22,34H,5-12,15-16,18H2,(H,31,36). The number of morpholine rings is 1.